The Bertz CT molecular complexity index is 1180. The van der Waals surface area contributed by atoms with Gasteiger partial charge in [0.15, 0.2) is 11.5 Å². The quantitative estimate of drug-likeness (QED) is 0.481. The van der Waals surface area contributed by atoms with Crippen LogP contribution in [0.2, 0.25) is 0 Å². The maximum atomic E-state index is 14.3. The molecule has 3 heterocycles. The van der Waals surface area contributed by atoms with Crippen LogP contribution in [-0.2, 0) is 18.6 Å². The van der Waals surface area contributed by atoms with Gasteiger partial charge in [-0.3, -0.25) is 0 Å². The molecule has 0 atom stereocenters. The second kappa shape index (κ2) is 7.81. The molecule has 0 unspecified atom stereocenters. The number of aromatic nitrogens is 7. The SMILES string of the molecule is CCCn1ncnc1COc1nc2c(cc1C(C)(C)C)nnn2-c1ccccc1F. The van der Waals surface area contributed by atoms with Gasteiger partial charge < -0.3 is 4.74 Å². The Kier molecular flexibility index (Phi) is 5.19. The van der Waals surface area contributed by atoms with Crippen molar-refractivity contribution in [2.45, 2.75) is 52.7 Å². The highest BCUT2D eigenvalue weighted by atomic mass is 19.1. The monoisotopic (exact) mass is 409 g/mol. The number of rotatable bonds is 6. The summed E-state index contributed by atoms with van der Waals surface area (Å²) in [6.45, 7) is 9.29. The summed E-state index contributed by atoms with van der Waals surface area (Å²) < 4.78 is 23.6. The average Bonchev–Trinajstić information content (AvgIpc) is 3.32. The fourth-order valence-corrected chi connectivity index (χ4v) is 3.21. The van der Waals surface area contributed by atoms with Crippen molar-refractivity contribution in [2.75, 3.05) is 0 Å². The van der Waals surface area contributed by atoms with Crippen molar-refractivity contribution >= 4 is 11.2 Å². The molecule has 0 bridgehead atoms. The molecule has 0 aliphatic rings. The zero-order chi connectivity index (χ0) is 21.3. The molecule has 0 spiro atoms. The predicted octanol–water partition coefficient (Wildman–Crippen LogP) is 3.83. The van der Waals surface area contributed by atoms with Gasteiger partial charge in [-0.15, -0.1) is 5.10 Å². The first-order valence-electron chi connectivity index (χ1n) is 9.90. The molecule has 8 nitrogen and oxygen atoms in total. The molecule has 0 saturated heterocycles. The number of aryl methyl sites for hydroxylation is 1. The molecule has 4 rings (SSSR count). The Morgan fingerprint density at radius 2 is 1.97 bits per heavy atom. The molecule has 1 aromatic carbocycles. The Labute approximate surface area is 173 Å². The van der Waals surface area contributed by atoms with E-state index in [2.05, 4.69) is 53.1 Å². The Balaban J connectivity index is 1.77. The second-order valence-electron chi connectivity index (χ2n) is 8.07. The first kappa shape index (κ1) is 19.9. The van der Waals surface area contributed by atoms with Gasteiger partial charge in [0.1, 0.15) is 30.0 Å². The summed E-state index contributed by atoms with van der Waals surface area (Å²) in [7, 11) is 0. The second-order valence-corrected chi connectivity index (χ2v) is 8.07. The number of ether oxygens (including phenoxy) is 1. The number of para-hydroxylation sites is 1. The molecule has 3 aromatic heterocycles. The Morgan fingerprint density at radius 1 is 1.17 bits per heavy atom. The van der Waals surface area contributed by atoms with Crippen LogP contribution < -0.4 is 4.74 Å². The minimum Gasteiger partial charge on any atom is -0.469 e. The van der Waals surface area contributed by atoms with Crippen LogP contribution in [0.1, 0.15) is 45.5 Å². The number of hydrogen-bond acceptors (Lipinski definition) is 6. The minimum absolute atomic E-state index is 0.225. The van der Waals surface area contributed by atoms with Crippen LogP contribution in [0, 0.1) is 5.82 Å². The molecule has 156 valence electrons. The van der Waals surface area contributed by atoms with E-state index in [0.29, 0.717) is 17.0 Å². The molecule has 0 fully saturated rings. The number of fused-ring (bicyclic) bond motifs is 1. The zero-order valence-corrected chi connectivity index (χ0v) is 17.5. The molecular weight excluding hydrogens is 385 g/mol. The van der Waals surface area contributed by atoms with E-state index < -0.39 is 5.82 Å². The van der Waals surface area contributed by atoms with Crippen LogP contribution >= 0.6 is 0 Å². The van der Waals surface area contributed by atoms with E-state index >= 15 is 0 Å². The zero-order valence-electron chi connectivity index (χ0n) is 17.5. The van der Waals surface area contributed by atoms with Gasteiger partial charge in [-0.2, -0.15) is 14.8 Å². The van der Waals surface area contributed by atoms with E-state index in [9.17, 15) is 4.39 Å². The summed E-state index contributed by atoms with van der Waals surface area (Å²) in [5.74, 6) is 0.765. The van der Waals surface area contributed by atoms with Crippen molar-refractivity contribution in [2.24, 2.45) is 0 Å². The molecule has 0 saturated carbocycles. The first-order valence-corrected chi connectivity index (χ1v) is 9.90. The Morgan fingerprint density at radius 3 is 2.70 bits per heavy atom. The lowest BCUT2D eigenvalue weighted by atomic mass is 9.87. The molecular formula is C21H24FN7O. The third-order valence-corrected chi connectivity index (χ3v) is 4.75. The third kappa shape index (κ3) is 3.74. The van der Waals surface area contributed by atoms with E-state index in [-0.39, 0.29) is 17.7 Å². The van der Waals surface area contributed by atoms with Crippen LogP contribution in [-0.4, -0.2) is 34.7 Å². The van der Waals surface area contributed by atoms with Crippen LogP contribution in [0.3, 0.4) is 0 Å². The van der Waals surface area contributed by atoms with E-state index in [1.165, 1.54) is 17.1 Å². The van der Waals surface area contributed by atoms with Crippen molar-refractivity contribution in [3.63, 3.8) is 0 Å². The van der Waals surface area contributed by atoms with Crippen LogP contribution in [0.5, 0.6) is 5.88 Å². The minimum atomic E-state index is -0.402. The summed E-state index contributed by atoms with van der Waals surface area (Å²) >= 11 is 0. The van der Waals surface area contributed by atoms with Crippen molar-refractivity contribution in [3.05, 3.63) is 53.9 Å². The topological polar surface area (TPSA) is 83.5 Å². The lowest BCUT2D eigenvalue weighted by molar-refractivity contribution is 0.268. The summed E-state index contributed by atoms with van der Waals surface area (Å²) in [5, 5.41) is 12.6. The smallest absolute Gasteiger partial charge is 0.219 e. The van der Waals surface area contributed by atoms with Crippen molar-refractivity contribution in [1.82, 2.24) is 34.7 Å². The van der Waals surface area contributed by atoms with Crippen molar-refractivity contribution < 1.29 is 9.13 Å². The van der Waals surface area contributed by atoms with Crippen LogP contribution in [0.4, 0.5) is 4.39 Å². The maximum absolute atomic E-state index is 14.3. The predicted molar refractivity (Wildman–Crippen MR) is 110 cm³/mol. The van der Waals surface area contributed by atoms with Crippen molar-refractivity contribution in [1.29, 1.82) is 0 Å². The van der Waals surface area contributed by atoms with Gasteiger partial charge in [0.05, 0.1) is 0 Å². The van der Waals surface area contributed by atoms with Gasteiger partial charge in [0.25, 0.3) is 0 Å². The standard InChI is InChI=1S/C21H24FN7O/c1-5-10-28-18(23-13-24-28)12-30-20-14(21(2,3)4)11-16-19(25-20)29(27-26-16)17-9-7-6-8-15(17)22/h6-9,11,13H,5,10,12H2,1-4H3. The molecule has 0 amide bonds. The van der Waals surface area contributed by atoms with Gasteiger partial charge in [0, 0.05) is 12.1 Å². The van der Waals surface area contributed by atoms with E-state index in [1.807, 2.05) is 10.7 Å². The summed E-state index contributed by atoms with van der Waals surface area (Å²) in [4.78, 5) is 8.98. The lowest BCUT2D eigenvalue weighted by Gasteiger charge is -2.21. The fourth-order valence-electron chi connectivity index (χ4n) is 3.21. The van der Waals surface area contributed by atoms with E-state index in [1.54, 1.807) is 18.2 Å². The van der Waals surface area contributed by atoms with E-state index in [0.717, 1.165) is 24.4 Å². The summed E-state index contributed by atoms with van der Waals surface area (Å²) in [6, 6.07) is 8.29. The fraction of sp³-hybridized carbons (Fsp3) is 0.381. The largest absolute Gasteiger partial charge is 0.469 e. The first-order chi connectivity index (χ1) is 14.4. The number of benzene rings is 1. The average molecular weight is 409 g/mol. The molecule has 30 heavy (non-hydrogen) atoms. The molecule has 0 N–H and O–H groups in total. The highest BCUT2D eigenvalue weighted by molar-refractivity contribution is 5.74. The third-order valence-electron chi connectivity index (χ3n) is 4.75. The van der Waals surface area contributed by atoms with Crippen LogP contribution in [0.25, 0.3) is 16.9 Å². The highest BCUT2D eigenvalue weighted by Gasteiger charge is 2.24. The molecule has 4 aromatic rings. The number of hydrogen-bond donors (Lipinski definition) is 0. The van der Waals surface area contributed by atoms with Gasteiger partial charge in [0.2, 0.25) is 5.88 Å². The van der Waals surface area contributed by atoms with Gasteiger partial charge in [-0.1, -0.05) is 45.0 Å². The normalized spacial score (nSPS) is 11.9. The highest BCUT2D eigenvalue weighted by Crippen LogP contribution is 2.33. The lowest BCUT2D eigenvalue weighted by Crippen LogP contribution is -2.16. The van der Waals surface area contributed by atoms with Gasteiger partial charge in [-0.25, -0.2) is 14.1 Å². The maximum Gasteiger partial charge on any atom is 0.219 e. The van der Waals surface area contributed by atoms with Gasteiger partial charge >= 0.3 is 0 Å². The number of nitrogens with zero attached hydrogens (tertiary/aromatic N) is 7. The van der Waals surface area contributed by atoms with Gasteiger partial charge in [-0.05, 0) is 30.0 Å². The van der Waals surface area contributed by atoms with Crippen molar-refractivity contribution in [3.8, 4) is 11.6 Å². The molecule has 9 heteroatoms. The summed E-state index contributed by atoms with van der Waals surface area (Å²) in [5.41, 5.74) is 1.93. The van der Waals surface area contributed by atoms with E-state index in [4.69, 9.17) is 4.74 Å². The molecule has 0 aliphatic carbocycles. The number of pyridine rings is 1. The summed E-state index contributed by atoms with van der Waals surface area (Å²) in [6.07, 6.45) is 2.47. The number of halogens is 1. The molecule has 0 aliphatic heterocycles. The molecule has 0 radical (unpaired) electrons. The van der Waals surface area contributed by atoms with Crippen LogP contribution in [0.15, 0.2) is 36.7 Å². The Hall–Kier alpha value is -3.36.